The van der Waals surface area contributed by atoms with Crippen LogP contribution in [0.25, 0.3) is 0 Å². The first-order valence-electron chi connectivity index (χ1n) is 8.94. The van der Waals surface area contributed by atoms with Crippen molar-refractivity contribution in [2.24, 2.45) is 0 Å². The van der Waals surface area contributed by atoms with Crippen molar-refractivity contribution >= 4 is 15.7 Å². The summed E-state index contributed by atoms with van der Waals surface area (Å²) < 4.78 is 32.9. The molecule has 1 fully saturated rings. The number of nitrogens with one attached hydrogen (secondary N) is 1. The van der Waals surface area contributed by atoms with Crippen LogP contribution in [0.3, 0.4) is 0 Å². The monoisotopic (exact) mass is 374 g/mol. The van der Waals surface area contributed by atoms with Gasteiger partial charge in [-0.05, 0) is 61.2 Å². The molecular weight excluding hydrogens is 348 g/mol. The normalized spacial score (nSPS) is 15.2. The second-order valence-electron chi connectivity index (χ2n) is 6.66. The summed E-state index contributed by atoms with van der Waals surface area (Å²) in [6.07, 6.45) is 0.660. The summed E-state index contributed by atoms with van der Waals surface area (Å²) in [7, 11) is -3.47. The highest BCUT2D eigenvalue weighted by molar-refractivity contribution is 7.89. The zero-order valence-corrected chi connectivity index (χ0v) is 16.2. The molecule has 0 spiro atoms. The molecule has 26 heavy (non-hydrogen) atoms. The van der Waals surface area contributed by atoms with Crippen LogP contribution in [0.15, 0.2) is 47.4 Å². The Hall–Kier alpha value is -1.89. The summed E-state index contributed by atoms with van der Waals surface area (Å²) in [5, 5.41) is 0. The van der Waals surface area contributed by atoms with Crippen molar-refractivity contribution in [3.63, 3.8) is 0 Å². The second-order valence-corrected chi connectivity index (χ2v) is 8.43. The van der Waals surface area contributed by atoms with E-state index in [-0.39, 0.29) is 0 Å². The van der Waals surface area contributed by atoms with Gasteiger partial charge in [-0.3, -0.25) is 0 Å². The van der Waals surface area contributed by atoms with E-state index in [1.165, 1.54) is 5.69 Å². The van der Waals surface area contributed by atoms with Gasteiger partial charge in [-0.2, -0.15) is 0 Å². The molecule has 0 radical (unpaired) electrons. The number of benzene rings is 2. The topological polar surface area (TPSA) is 58.6 Å². The van der Waals surface area contributed by atoms with Gasteiger partial charge in [0.1, 0.15) is 0 Å². The number of hydrogen-bond donors (Lipinski definition) is 1. The van der Waals surface area contributed by atoms with E-state index in [9.17, 15) is 8.42 Å². The highest BCUT2D eigenvalue weighted by Crippen LogP contribution is 2.17. The summed E-state index contributed by atoms with van der Waals surface area (Å²) in [6, 6.07) is 13.5. The van der Waals surface area contributed by atoms with E-state index in [0.29, 0.717) is 17.9 Å². The number of rotatable bonds is 6. The van der Waals surface area contributed by atoms with Crippen molar-refractivity contribution in [3.8, 4) is 0 Å². The van der Waals surface area contributed by atoms with E-state index >= 15 is 0 Å². The first-order chi connectivity index (χ1) is 12.5. The molecule has 0 atom stereocenters. The minimum absolute atomic E-state index is 0.322. The van der Waals surface area contributed by atoms with Crippen LogP contribution >= 0.6 is 0 Å². The van der Waals surface area contributed by atoms with Gasteiger partial charge in [0.25, 0.3) is 0 Å². The van der Waals surface area contributed by atoms with E-state index in [4.69, 9.17) is 4.74 Å². The molecule has 1 aliphatic rings. The van der Waals surface area contributed by atoms with Crippen LogP contribution in [-0.2, 0) is 21.2 Å². The maximum atomic E-state index is 12.4. The molecule has 140 valence electrons. The highest BCUT2D eigenvalue weighted by atomic mass is 32.2. The molecule has 5 nitrogen and oxygen atoms in total. The second kappa shape index (κ2) is 8.20. The Balaban J connectivity index is 1.56. The molecule has 6 heteroatoms. The van der Waals surface area contributed by atoms with Crippen LogP contribution in [0.5, 0.6) is 0 Å². The molecule has 0 bridgehead atoms. The van der Waals surface area contributed by atoms with Crippen LogP contribution in [0.1, 0.15) is 16.7 Å². The van der Waals surface area contributed by atoms with Crippen molar-refractivity contribution in [3.05, 3.63) is 59.2 Å². The van der Waals surface area contributed by atoms with Crippen molar-refractivity contribution < 1.29 is 13.2 Å². The zero-order valence-electron chi connectivity index (χ0n) is 15.4. The van der Waals surface area contributed by atoms with E-state index in [2.05, 4.69) is 33.9 Å². The third-order valence-corrected chi connectivity index (χ3v) is 6.27. The van der Waals surface area contributed by atoms with E-state index in [1.54, 1.807) is 12.1 Å². The fourth-order valence-electron chi connectivity index (χ4n) is 2.99. The third-order valence-electron chi connectivity index (χ3n) is 4.81. The molecule has 2 aromatic rings. The first kappa shape index (κ1) is 18.9. The number of hydrogen-bond acceptors (Lipinski definition) is 4. The number of ether oxygens (including phenoxy) is 1. The molecule has 0 aliphatic carbocycles. The molecule has 0 amide bonds. The fraction of sp³-hybridized carbons (Fsp3) is 0.400. The molecule has 3 rings (SSSR count). The van der Waals surface area contributed by atoms with Gasteiger partial charge < -0.3 is 9.64 Å². The highest BCUT2D eigenvalue weighted by Gasteiger charge is 2.14. The average Bonchev–Trinajstić information content (AvgIpc) is 2.65. The van der Waals surface area contributed by atoms with Gasteiger partial charge in [-0.25, -0.2) is 13.1 Å². The molecule has 0 saturated carbocycles. The summed E-state index contributed by atoms with van der Waals surface area (Å²) in [5.41, 5.74) is 4.37. The maximum Gasteiger partial charge on any atom is 0.240 e. The molecular formula is C20H26N2O3S. The summed E-state index contributed by atoms with van der Waals surface area (Å²) in [4.78, 5) is 2.62. The van der Waals surface area contributed by atoms with Gasteiger partial charge in [0.15, 0.2) is 0 Å². The Bertz CT molecular complexity index is 842. The molecule has 1 saturated heterocycles. The van der Waals surface area contributed by atoms with Crippen LogP contribution in [0.4, 0.5) is 5.69 Å². The van der Waals surface area contributed by atoms with E-state index in [0.717, 1.165) is 43.0 Å². The standard InChI is InChI=1S/C20H26N2O3S/c1-16-3-8-20(15-17(16)2)26(23,24)21-10-9-18-4-6-19(7-5-18)22-11-13-25-14-12-22/h3-8,15,21H,9-14H2,1-2H3. The van der Waals surface area contributed by atoms with Gasteiger partial charge in [0.05, 0.1) is 18.1 Å². The van der Waals surface area contributed by atoms with Crippen LogP contribution in [0, 0.1) is 13.8 Å². The third kappa shape index (κ3) is 4.63. The van der Waals surface area contributed by atoms with Gasteiger partial charge in [0, 0.05) is 25.3 Å². The summed E-state index contributed by atoms with van der Waals surface area (Å²) in [5.74, 6) is 0. The Morgan fingerprint density at radius 1 is 1.00 bits per heavy atom. The average molecular weight is 375 g/mol. The molecule has 0 unspecified atom stereocenters. The molecule has 0 aromatic heterocycles. The fourth-order valence-corrected chi connectivity index (χ4v) is 4.11. The molecule has 1 N–H and O–H groups in total. The van der Waals surface area contributed by atoms with Crippen LogP contribution in [0.2, 0.25) is 0 Å². The predicted octanol–water partition coefficient (Wildman–Crippen LogP) is 2.66. The lowest BCUT2D eigenvalue weighted by Crippen LogP contribution is -2.36. The van der Waals surface area contributed by atoms with Crippen molar-refractivity contribution in [1.29, 1.82) is 0 Å². The van der Waals surface area contributed by atoms with E-state index < -0.39 is 10.0 Å². The Morgan fingerprint density at radius 3 is 2.35 bits per heavy atom. The Morgan fingerprint density at radius 2 is 1.69 bits per heavy atom. The molecule has 1 aliphatic heterocycles. The quantitative estimate of drug-likeness (QED) is 0.845. The predicted molar refractivity (Wildman–Crippen MR) is 104 cm³/mol. The van der Waals surface area contributed by atoms with Crippen molar-refractivity contribution in [2.45, 2.75) is 25.2 Å². The minimum atomic E-state index is -3.47. The largest absolute Gasteiger partial charge is 0.378 e. The molecule has 2 aromatic carbocycles. The minimum Gasteiger partial charge on any atom is -0.378 e. The summed E-state index contributed by atoms with van der Waals surface area (Å²) >= 11 is 0. The Labute approximate surface area is 156 Å². The van der Waals surface area contributed by atoms with Gasteiger partial charge in [0.2, 0.25) is 10.0 Å². The number of morpholine rings is 1. The zero-order chi connectivity index (χ0) is 18.6. The maximum absolute atomic E-state index is 12.4. The van der Waals surface area contributed by atoms with Crippen LogP contribution in [-0.4, -0.2) is 41.3 Å². The number of sulfonamides is 1. The van der Waals surface area contributed by atoms with E-state index in [1.807, 2.05) is 19.9 Å². The lowest BCUT2D eigenvalue weighted by molar-refractivity contribution is 0.122. The lowest BCUT2D eigenvalue weighted by atomic mass is 10.1. The SMILES string of the molecule is Cc1ccc(S(=O)(=O)NCCc2ccc(N3CCOCC3)cc2)cc1C. The number of aryl methyl sites for hydroxylation is 2. The van der Waals surface area contributed by atoms with Gasteiger partial charge in [-0.1, -0.05) is 18.2 Å². The van der Waals surface area contributed by atoms with Gasteiger partial charge in [-0.15, -0.1) is 0 Å². The van der Waals surface area contributed by atoms with Crippen LogP contribution < -0.4 is 9.62 Å². The van der Waals surface area contributed by atoms with Crippen molar-refractivity contribution in [2.75, 3.05) is 37.7 Å². The first-order valence-corrected chi connectivity index (χ1v) is 10.4. The smallest absolute Gasteiger partial charge is 0.240 e. The van der Waals surface area contributed by atoms with Gasteiger partial charge >= 0.3 is 0 Å². The number of anilines is 1. The summed E-state index contributed by atoms with van der Waals surface area (Å²) in [6.45, 7) is 7.63. The molecule has 1 heterocycles. The van der Waals surface area contributed by atoms with Crippen molar-refractivity contribution in [1.82, 2.24) is 4.72 Å². The Kier molecular flexibility index (Phi) is 5.96. The number of nitrogens with zero attached hydrogens (tertiary/aromatic N) is 1. The lowest BCUT2D eigenvalue weighted by Gasteiger charge is -2.28.